The van der Waals surface area contributed by atoms with E-state index in [1.807, 2.05) is 29.6 Å². The summed E-state index contributed by atoms with van der Waals surface area (Å²) >= 11 is 7.35. The van der Waals surface area contributed by atoms with Crippen LogP contribution in [0.4, 0.5) is 0 Å². The molecule has 3 rings (SSSR count). The number of phenols is 1. The van der Waals surface area contributed by atoms with Crippen LogP contribution >= 0.6 is 22.9 Å². The molecule has 0 unspecified atom stereocenters. The summed E-state index contributed by atoms with van der Waals surface area (Å²) in [6, 6.07) is 13.3. The largest absolute Gasteiger partial charge is 0.508 e. The number of rotatable bonds is 4. The molecule has 0 aliphatic carbocycles. The second kappa shape index (κ2) is 6.81. The second-order valence-corrected chi connectivity index (χ2v) is 6.07. The van der Waals surface area contributed by atoms with E-state index in [4.69, 9.17) is 16.3 Å². The molecule has 0 aliphatic heterocycles. The van der Waals surface area contributed by atoms with Crippen molar-refractivity contribution in [2.75, 3.05) is 0 Å². The van der Waals surface area contributed by atoms with Crippen LogP contribution in [0.3, 0.4) is 0 Å². The smallest absolute Gasteiger partial charge is 0.338 e. The summed E-state index contributed by atoms with van der Waals surface area (Å²) in [5.74, 6) is -0.347. The highest BCUT2D eigenvalue weighted by Gasteiger charge is 2.10. The van der Waals surface area contributed by atoms with Crippen molar-refractivity contribution in [2.45, 2.75) is 6.61 Å². The number of halogens is 1. The van der Waals surface area contributed by atoms with Gasteiger partial charge in [0.25, 0.3) is 0 Å². The number of esters is 1. The van der Waals surface area contributed by atoms with E-state index in [0.717, 1.165) is 10.6 Å². The molecule has 23 heavy (non-hydrogen) atoms. The van der Waals surface area contributed by atoms with E-state index in [2.05, 4.69) is 4.98 Å². The van der Waals surface area contributed by atoms with E-state index >= 15 is 0 Å². The molecule has 2 aromatic carbocycles. The summed E-state index contributed by atoms with van der Waals surface area (Å²) in [7, 11) is 0. The lowest BCUT2D eigenvalue weighted by molar-refractivity contribution is 0.0468. The van der Waals surface area contributed by atoms with E-state index < -0.39 is 5.97 Å². The van der Waals surface area contributed by atoms with E-state index in [0.29, 0.717) is 16.3 Å². The number of carbonyl (C=O) groups is 1. The van der Waals surface area contributed by atoms with Gasteiger partial charge >= 0.3 is 5.97 Å². The zero-order valence-electron chi connectivity index (χ0n) is 11.9. The minimum atomic E-state index is -0.453. The lowest BCUT2D eigenvalue weighted by Crippen LogP contribution is -2.05. The molecule has 0 saturated carbocycles. The van der Waals surface area contributed by atoms with Crippen LogP contribution in [0, 0.1) is 0 Å². The summed E-state index contributed by atoms with van der Waals surface area (Å²) < 4.78 is 5.22. The molecule has 116 valence electrons. The molecule has 0 fully saturated rings. The minimum Gasteiger partial charge on any atom is -0.508 e. The summed E-state index contributed by atoms with van der Waals surface area (Å²) in [6.45, 7) is 0.101. The topological polar surface area (TPSA) is 59.4 Å². The maximum atomic E-state index is 11.9. The first-order valence-corrected chi connectivity index (χ1v) is 8.04. The maximum absolute atomic E-state index is 11.9. The molecule has 0 spiro atoms. The fraction of sp³-hybridized carbons (Fsp3) is 0.0588. The predicted molar refractivity (Wildman–Crippen MR) is 89.8 cm³/mol. The van der Waals surface area contributed by atoms with Crippen LogP contribution in [0.15, 0.2) is 53.9 Å². The van der Waals surface area contributed by atoms with Crippen LogP contribution in [0.25, 0.3) is 10.6 Å². The second-order valence-electron chi connectivity index (χ2n) is 4.77. The molecule has 0 atom stereocenters. The Morgan fingerprint density at radius 2 is 1.83 bits per heavy atom. The molecule has 0 saturated heterocycles. The van der Waals surface area contributed by atoms with Gasteiger partial charge < -0.3 is 9.84 Å². The lowest BCUT2D eigenvalue weighted by Gasteiger charge is -2.03. The van der Waals surface area contributed by atoms with E-state index in [1.54, 1.807) is 0 Å². The number of nitrogens with zero attached hydrogens (tertiary/aromatic N) is 1. The van der Waals surface area contributed by atoms with Crippen molar-refractivity contribution in [1.82, 2.24) is 4.98 Å². The van der Waals surface area contributed by atoms with E-state index in [1.165, 1.54) is 35.6 Å². The predicted octanol–water partition coefficient (Wildman–Crippen LogP) is 4.53. The number of benzene rings is 2. The summed E-state index contributed by atoms with van der Waals surface area (Å²) in [4.78, 5) is 16.3. The first-order chi connectivity index (χ1) is 11.1. The third kappa shape index (κ3) is 3.88. The minimum absolute atomic E-state index is 0.101. The van der Waals surface area contributed by atoms with Gasteiger partial charge in [-0.05, 0) is 36.4 Å². The highest BCUT2D eigenvalue weighted by atomic mass is 35.5. The first kappa shape index (κ1) is 15.5. The zero-order valence-corrected chi connectivity index (χ0v) is 13.5. The molecule has 0 bridgehead atoms. The zero-order chi connectivity index (χ0) is 16.2. The number of ether oxygens (including phenoxy) is 1. The van der Waals surface area contributed by atoms with Crippen molar-refractivity contribution in [1.29, 1.82) is 0 Å². The van der Waals surface area contributed by atoms with Gasteiger partial charge in [-0.25, -0.2) is 9.78 Å². The Balaban J connectivity index is 1.64. The standard InChI is InChI=1S/C17H12ClNO3S/c18-13-5-1-11(2-6-13)16-19-14(10-23-16)9-22-17(21)12-3-7-15(20)8-4-12/h1-8,10,20H,9H2. The van der Waals surface area contributed by atoms with Gasteiger partial charge in [0.05, 0.1) is 11.3 Å². The Kier molecular flexibility index (Phi) is 4.60. The number of aromatic nitrogens is 1. The van der Waals surface area contributed by atoms with Crippen molar-refractivity contribution in [3.8, 4) is 16.3 Å². The first-order valence-electron chi connectivity index (χ1n) is 6.78. The van der Waals surface area contributed by atoms with Gasteiger partial charge in [-0.1, -0.05) is 23.7 Å². The molecule has 1 N–H and O–H groups in total. The third-order valence-corrected chi connectivity index (χ3v) is 4.29. The van der Waals surface area contributed by atoms with Crippen LogP contribution in [0.5, 0.6) is 5.75 Å². The number of hydrogen-bond acceptors (Lipinski definition) is 5. The number of aromatic hydroxyl groups is 1. The Labute approximate surface area is 142 Å². The Morgan fingerprint density at radius 1 is 1.13 bits per heavy atom. The number of phenolic OH excluding ortho intramolecular Hbond substituents is 1. The summed E-state index contributed by atoms with van der Waals surface area (Å²) in [6.07, 6.45) is 0. The fourth-order valence-corrected chi connectivity index (χ4v) is 2.86. The maximum Gasteiger partial charge on any atom is 0.338 e. The van der Waals surface area contributed by atoms with Crippen molar-refractivity contribution < 1.29 is 14.6 Å². The number of carbonyl (C=O) groups excluding carboxylic acids is 1. The highest BCUT2D eigenvalue weighted by molar-refractivity contribution is 7.13. The highest BCUT2D eigenvalue weighted by Crippen LogP contribution is 2.25. The van der Waals surface area contributed by atoms with Crippen LogP contribution in [0.1, 0.15) is 16.1 Å². The van der Waals surface area contributed by atoms with E-state index in [9.17, 15) is 9.90 Å². The van der Waals surface area contributed by atoms with Crippen LogP contribution < -0.4 is 0 Å². The van der Waals surface area contributed by atoms with Gasteiger partial charge in [0.1, 0.15) is 17.4 Å². The molecule has 3 aromatic rings. The Morgan fingerprint density at radius 3 is 2.52 bits per heavy atom. The fourth-order valence-electron chi connectivity index (χ4n) is 1.92. The molecular weight excluding hydrogens is 334 g/mol. The van der Waals surface area contributed by atoms with Gasteiger partial charge in [0, 0.05) is 16.0 Å². The lowest BCUT2D eigenvalue weighted by atomic mass is 10.2. The molecule has 0 radical (unpaired) electrons. The van der Waals surface area contributed by atoms with Gasteiger partial charge in [-0.3, -0.25) is 0 Å². The third-order valence-electron chi connectivity index (χ3n) is 3.10. The summed E-state index contributed by atoms with van der Waals surface area (Å²) in [5, 5.41) is 12.6. The van der Waals surface area contributed by atoms with Crippen LogP contribution in [0.2, 0.25) is 5.02 Å². The molecule has 4 nitrogen and oxygen atoms in total. The molecule has 1 aromatic heterocycles. The van der Waals surface area contributed by atoms with Gasteiger partial charge in [0.15, 0.2) is 0 Å². The van der Waals surface area contributed by atoms with Gasteiger partial charge in [-0.2, -0.15) is 0 Å². The van der Waals surface area contributed by atoms with Crippen molar-refractivity contribution in [3.05, 3.63) is 70.2 Å². The van der Waals surface area contributed by atoms with Gasteiger partial charge in [-0.15, -0.1) is 11.3 Å². The number of hydrogen-bond donors (Lipinski definition) is 1. The van der Waals surface area contributed by atoms with E-state index in [-0.39, 0.29) is 12.4 Å². The van der Waals surface area contributed by atoms with Crippen molar-refractivity contribution in [2.24, 2.45) is 0 Å². The van der Waals surface area contributed by atoms with Crippen LogP contribution in [-0.2, 0) is 11.3 Å². The molecule has 0 aliphatic rings. The molecule has 0 amide bonds. The summed E-state index contributed by atoms with van der Waals surface area (Å²) in [5.41, 5.74) is 2.04. The monoisotopic (exact) mass is 345 g/mol. The quantitative estimate of drug-likeness (QED) is 0.706. The van der Waals surface area contributed by atoms with Gasteiger partial charge in [0.2, 0.25) is 0 Å². The molecule has 1 heterocycles. The average Bonchev–Trinajstić information content (AvgIpc) is 3.03. The van der Waals surface area contributed by atoms with Crippen molar-refractivity contribution >= 4 is 28.9 Å². The molecule has 6 heteroatoms. The normalized spacial score (nSPS) is 10.5. The average molecular weight is 346 g/mol. The number of thiazole rings is 1. The van der Waals surface area contributed by atoms with Crippen LogP contribution in [-0.4, -0.2) is 16.1 Å². The Bertz CT molecular complexity index is 813. The van der Waals surface area contributed by atoms with Crippen molar-refractivity contribution in [3.63, 3.8) is 0 Å². The Hall–Kier alpha value is -2.37. The SMILES string of the molecule is O=C(OCc1csc(-c2ccc(Cl)cc2)n1)c1ccc(O)cc1. The molecular formula is C17H12ClNO3S.